The Morgan fingerprint density at radius 3 is 2.22 bits per heavy atom. The summed E-state index contributed by atoms with van der Waals surface area (Å²) in [4.78, 5) is 34.7. The number of carboxylic acids is 1. The van der Waals surface area contributed by atoms with E-state index >= 15 is 0 Å². The Hall–Kier alpha value is -2.15. The number of nitrogens with zero attached hydrogens (tertiary/aromatic N) is 4. The molecule has 0 spiro atoms. The number of carbonyl (C=O) groups excluding carboxylic acids is 1. The number of piperazine rings is 1. The molecule has 7 heteroatoms. The van der Waals surface area contributed by atoms with Gasteiger partial charge in [-0.25, -0.2) is 4.98 Å². The molecule has 27 heavy (non-hydrogen) atoms. The zero-order valence-corrected chi connectivity index (χ0v) is 16.5. The van der Waals surface area contributed by atoms with Gasteiger partial charge in [-0.1, -0.05) is 6.92 Å². The maximum absolute atomic E-state index is 12.8. The van der Waals surface area contributed by atoms with Gasteiger partial charge in [0.1, 0.15) is 11.4 Å². The molecular weight excluding hydrogens is 344 g/mol. The molecule has 3 rings (SSSR count). The number of amides is 1. The smallest absolute Gasteiger partial charge is 0.323 e. The van der Waals surface area contributed by atoms with Crippen LogP contribution in [-0.4, -0.2) is 76.6 Å². The molecule has 2 fully saturated rings. The van der Waals surface area contributed by atoms with Crippen LogP contribution in [0.4, 0.5) is 5.82 Å². The quantitative estimate of drug-likeness (QED) is 0.868. The summed E-state index contributed by atoms with van der Waals surface area (Å²) in [6, 6.07) is 3.79. The number of piperidine rings is 1. The molecule has 0 atom stereocenters. The van der Waals surface area contributed by atoms with E-state index in [4.69, 9.17) is 0 Å². The molecule has 1 aromatic heterocycles. The molecule has 0 aliphatic carbocycles. The van der Waals surface area contributed by atoms with Crippen LogP contribution < -0.4 is 4.90 Å². The molecule has 1 amide bonds. The minimum Gasteiger partial charge on any atom is -0.480 e. The predicted molar refractivity (Wildman–Crippen MR) is 104 cm³/mol. The van der Waals surface area contributed by atoms with Crippen LogP contribution in [0.5, 0.6) is 0 Å². The molecule has 7 nitrogen and oxygen atoms in total. The van der Waals surface area contributed by atoms with Crippen LogP contribution in [0.2, 0.25) is 0 Å². The normalized spacial score (nSPS) is 20.0. The molecule has 0 radical (unpaired) electrons. The number of aromatic nitrogens is 1. The molecule has 1 aromatic rings. The summed E-state index contributed by atoms with van der Waals surface area (Å²) in [6.45, 7) is 9.90. The van der Waals surface area contributed by atoms with Crippen molar-refractivity contribution in [1.29, 1.82) is 0 Å². The van der Waals surface area contributed by atoms with Gasteiger partial charge in [0.25, 0.3) is 5.91 Å². The van der Waals surface area contributed by atoms with E-state index in [9.17, 15) is 14.7 Å². The second kappa shape index (κ2) is 7.84. The summed E-state index contributed by atoms with van der Waals surface area (Å²) < 4.78 is 0. The highest BCUT2D eigenvalue weighted by Crippen LogP contribution is 2.22. The summed E-state index contributed by atoms with van der Waals surface area (Å²) in [7, 11) is 0. The molecular formula is C20H30N4O3. The van der Waals surface area contributed by atoms with Crippen LogP contribution in [0.1, 0.15) is 44.0 Å². The Balaban J connectivity index is 1.58. The number of carbonyl (C=O) groups is 2. The Kier molecular flexibility index (Phi) is 5.69. The first-order chi connectivity index (χ1) is 12.8. The highest BCUT2D eigenvalue weighted by Gasteiger charge is 2.37. The van der Waals surface area contributed by atoms with E-state index in [1.807, 2.05) is 17.0 Å². The zero-order valence-electron chi connectivity index (χ0n) is 16.5. The van der Waals surface area contributed by atoms with Crippen LogP contribution in [0.25, 0.3) is 0 Å². The average Bonchev–Trinajstić information content (AvgIpc) is 2.68. The average molecular weight is 374 g/mol. The minimum absolute atomic E-state index is 0.0332. The SMILES string of the molecule is CC1CCN(c2ccc(C(=O)N3CCN(C(C)(C)C(=O)O)CC3)cn2)CC1. The third kappa shape index (κ3) is 4.24. The fraction of sp³-hybridized carbons (Fsp3) is 0.650. The molecule has 0 bridgehead atoms. The van der Waals surface area contributed by atoms with Gasteiger partial charge in [-0.15, -0.1) is 0 Å². The van der Waals surface area contributed by atoms with Crippen LogP contribution >= 0.6 is 0 Å². The van der Waals surface area contributed by atoms with E-state index in [1.54, 1.807) is 24.9 Å². The fourth-order valence-corrected chi connectivity index (χ4v) is 3.72. The lowest BCUT2D eigenvalue weighted by Gasteiger charge is -2.41. The molecule has 2 saturated heterocycles. The summed E-state index contributed by atoms with van der Waals surface area (Å²) in [5.41, 5.74) is -0.320. The first-order valence-electron chi connectivity index (χ1n) is 9.78. The van der Waals surface area contributed by atoms with Crippen molar-refractivity contribution in [3.63, 3.8) is 0 Å². The van der Waals surface area contributed by atoms with Crippen LogP contribution in [-0.2, 0) is 4.79 Å². The zero-order chi connectivity index (χ0) is 19.6. The molecule has 0 aromatic carbocycles. The van der Waals surface area contributed by atoms with Gasteiger partial charge >= 0.3 is 5.97 Å². The van der Waals surface area contributed by atoms with Gasteiger partial charge in [-0.05, 0) is 44.7 Å². The number of rotatable bonds is 4. The fourth-order valence-electron chi connectivity index (χ4n) is 3.72. The third-order valence-electron chi connectivity index (χ3n) is 5.98. The Morgan fingerprint density at radius 2 is 1.70 bits per heavy atom. The van der Waals surface area contributed by atoms with Gasteiger partial charge in [0.15, 0.2) is 0 Å². The van der Waals surface area contributed by atoms with E-state index in [0.29, 0.717) is 31.7 Å². The van der Waals surface area contributed by atoms with Crippen molar-refractivity contribution in [2.45, 2.75) is 39.2 Å². The van der Waals surface area contributed by atoms with Crippen molar-refractivity contribution in [1.82, 2.24) is 14.8 Å². The van der Waals surface area contributed by atoms with Gasteiger partial charge in [0, 0.05) is 45.5 Å². The minimum atomic E-state index is -0.912. The number of carboxylic acid groups (broad SMARTS) is 1. The predicted octanol–water partition coefficient (Wildman–Crippen LogP) is 1.94. The number of aliphatic carboxylic acids is 1. The summed E-state index contributed by atoms with van der Waals surface area (Å²) in [5, 5.41) is 9.36. The first-order valence-corrected chi connectivity index (χ1v) is 9.78. The van der Waals surface area contributed by atoms with Crippen molar-refractivity contribution >= 4 is 17.7 Å². The monoisotopic (exact) mass is 374 g/mol. The van der Waals surface area contributed by atoms with Gasteiger partial charge in [-0.2, -0.15) is 0 Å². The standard InChI is InChI=1S/C20H30N4O3/c1-15-6-8-22(9-7-15)17-5-4-16(14-21-17)18(25)23-10-12-24(13-11-23)20(2,3)19(26)27/h4-5,14-15H,6-13H2,1-3H3,(H,26,27). The van der Waals surface area contributed by atoms with Gasteiger partial charge in [0.2, 0.25) is 0 Å². The summed E-state index contributed by atoms with van der Waals surface area (Å²) in [5.74, 6) is 0.835. The van der Waals surface area contributed by atoms with Gasteiger partial charge in [-0.3, -0.25) is 14.5 Å². The first kappa shape index (κ1) is 19.6. The lowest BCUT2D eigenvalue weighted by Crippen LogP contribution is -2.58. The highest BCUT2D eigenvalue weighted by molar-refractivity contribution is 5.94. The van der Waals surface area contributed by atoms with Crippen LogP contribution in [0.15, 0.2) is 18.3 Å². The second-order valence-electron chi connectivity index (χ2n) is 8.22. The topological polar surface area (TPSA) is 77.0 Å². The molecule has 0 unspecified atom stereocenters. The Morgan fingerprint density at radius 1 is 1.07 bits per heavy atom. The van der Waals surface area contributed by atoms with Crippen molar-refractivity contribution in [3.8, 4) is 0 Å². The van der Waals surface area contributed by atoms with E-state index in [0.717, 1.165) is 24.8 Å². The van der Waals surface area contributed by atoms with Gasteiger partial charge < -0.3 is 14.9 Å². The second-order valence-corrected chi connectivity index (χ2v) is 8.22. The Bertz CT molecular complexity index is 673. The van der Waals surface area contributed by atoms with E-state index in [1.165, 1.54) is 12.8 Å². The lowest BCUT2D eigenvalue weighted by atomic mass is 9.99. The van der Waals surface area contributed by atoms with E-state index in [2.05, 4.69) is 16.8 Å². The molecule has 1 N–H and O–H groups in total. The third-order valence-corrected chi connectivity index (χ3v) is 5.98. The largest absolute Gasteiger partial charge is 0.480 e. The molecule has 148 valence electrons. The number of pyridine rings is 1. The van der Waals surface area contributed by atoms with Crippen LogP contribution in [0.3, 0.4) is 0 Å². The molecule has 0 saturated carbocycles. The maximum atomic E-state index is 12.8. The van der Waals surface area contributed by atoms with Crippen LogP contribution in [0, 0.1) is 5.92 Å². The Labute approximate surface area is 161 Å². The van der Waals surface area contributed by atoms with E-state index < -0.39 is 11.5 Å². The molecule has 2 aliphatic heterocycles. The number of hydrogen-bond acceptors (Lipinski definition) is 5. The summed E-state index contributed by atoms with van der Waals surface area (Å²) >= 11 is 0. The number of hydrogen-bond donors (Lipinski definition) is 1. The number of anilines is 1. The molecule has 3 heterocycles. The van der Waals surface area contributed by atoms with Gasteiger partial charge in [0.05, 0.1) is 5.56 Å². The van der Waals surface area contributed by atoms with Crippen molar-refractivity contribution < 1.29 is 14.7 Å². The molecule has 2 aliphatic rings. The van der Waals surface area contributed by atoms with Crippen molar-refractivity contribution in [2.75, 3.05) is 44.2 Å². The van der Waals surface area contributed by atoms with Crippen molar-refractivity contribution in [3.05, 3.63) is 23.9 Å². The van der Waals surface area contributed by atoms with Crippen molar-refractivity contribution in [2.24, 2.45) is 5.92 Å². The highest BCUT2D eigenvalue weighted by atomic mass is 16.4. The summed E-state index contributed by atoms with van der Waals surface area (Å²) in [6.07, 6.45) is 4.03. The maximum Gasteiger partial charge on any atom is 0.323 e. The lowest BCUT2D eigenvalue weighted by molar-refractivity contribution is -0.150. The van der Waals surface area contributed by atoms with E-state index in [-0.39, 0.29) is 5.91 Å².